The monoisotopic (exact) mass is 569 g/mol. The topological polar surface area (TPSA) is 199 Å². The summed E-state index contributed by atoms with van der Waals surface area (Å²) in [7, 11) is 0. The Kier molecular flexibility index (Phi) is 12.7. The molecule has 5 N–H and O–H groups in total. The van der Waals surface area contributed by atoms with Crippen molar-refractivity contribution in [1.29, 1.82) is 0 Å². The Balaban J connectivity index is 0.000000840. The molecule has 2 aromatic rings. The van der Waals surface area contributed by atoms with E-state index < -0.39 is 36.4 Å². The van der Waals surface area contributed by atoms with Gasteiger partial charge in [-0.2, -0.15) is 4.98 Å². The third-order valence-electron chi connectivity index (χ3n) is 6.04. The second-order valence-electron chi connectivity index (χ2n) is 9.40. The van der Waals surface area contributed by atoms with Crippen molar-refractivity contribution in [2.45, 2.75) is 45.3 Å². The molecule has 1 aromatic carbocycles. The zero-order valence-electron chi connectivity index (χ0n) is 22.6. The highest BCUT2D eigenvalue weighted by molar-refractivity contribution is 6.27. The van der Waals surface area contributed by atoms with Gasteiger partial charge >= 0.3 is 18.0 Å². The number of halogens is 1. The summed E-state index contributed by atoms with van der Waals surface area (Å²) in [4.78, 5) is 39.1. The number of nitrogens with one attached hydrogen (secondary N) is 1. The molecule has 2 heterocycles. The zero-order chi connectivity index (χ0) is 29.8. The number of hydrogen-bond acceptors (Lipinski definition) is 11. The van der Waals surface area contributed by atoms with Crippen molar-refractivity contribution in [1.82, 2.24) is 20.4 Å². The summed E-state index contributed by atoms with van der Waals surface area (Å²) in [6, 6.07) is 4.92. The molecular weight excluding hydrogens is 533 g/mol. The lowest BCUT2D eigenvalue weighted by atomic mass is 10.1. The van der Waals surface area contributed by atoms with E-state index >= 15 is 0 Å². The van der Waals surface area contributed by atoms with Gasteiger partial charge in [0, 0.05) is 50.7 Å². The maximum atomic E-state index is 14.3. The van der Waals surface area contributed by atoms with Gasteiger partial charge in [-0.15, -0.1) is 0 Å². The molecule has 1 aliphatic heterocycles. The Morgan fingerprint density at radius 2 is 1.77 bits per heavy atom. The van der Waals surface area contributed by atoms with Crippen molar-refractivity contribution in [2.75, 3.05) is 50.8 Å². The number of nitrogens with zero attached hydrogens (tertiary/aromatic N) is 4. The van der Waals surface area contributed by atoms with Crippen molar-refractivity contribution in [3.05, 3.63) is 35.4 Å². The number of aliphatic hydroxyl groups is 2. The molecule has 3 rings (SSSR count). The Morgan fingerprint density at radius 1 is 1.12 bits per heavy atom. The van der Waals surface area contributed by atoms with Gasteiger partial charge in [0.1, 0.15) is 11.6 Å². The van der Waals surface area contributed by atoms with E-state index in [1.54, 1.807) is 6.07 Å². The minimum atomic E-state index is -1.82. The number of carbonyl (C=O) groups excluding carboxylic acids is 1. The maximum absolute atomic E-state index is 14.3. The van der Waals surface area contributed by atoms with Crippen molar-refractivity contribution in [2.24, 2.45) is 0 Å². The molecule has 1 aromatic heterocycles. The van der Waals surface area contributed by atoms with Gasteiger partial charge in [-0.25, -0.2) is 14.0 Å². The number of aromatic nitrogens is 2. The third kappa shape index (κ3) is 10.1. The Bertz CT molecular complexity index is 1110. The van der Waals surface area contributed by atoms with E-state index in [2.05, 4.69) is 32.2 Å². The first-order valence-electron chi connectivity index (χ1n) is 12.7. The van der Waals surface area contributed by atoms with Crippen LogP contribution in [0.15, 0.2) is 22.7 Å². The summed E-state index contributed by atoms with van der Waals surface area (Å²) in [5.74, 6) is -3.73. The van der Waals surface area contributed by atoms with Crippen molar-refractivity contribution >= 4 is 23.9 Å². The number of piperazine rings is 1. The SMILES string of the molecule is CC(C)c1noc(N2CCN([C@H](C)CCOc3ccc(C(=O)NC[C@@H](O)CO)c(F)c3)CC2)n1.O=C(O)C(=O)O. The number of benzene rings is 1. The molecule has 0 aliphatic carbocycles. The van der Waals surface area contributed by atoms with E-state index in [1.165, 1.54) is 12.1 Å². The number of amides is 1. The van der Waals surface area contributed by atoms with Crippen LogP contribution < -0.4 is 15.0 Å². The molecular formula is C25H36FN5O9. The largest absolute Gasteiger partial charge is 0.493 e. The number of ether oxygens (including phenoxy) is 1. The Labute approximate surface area is 230 Å². The summed E-state index contributed by atoms with van der Waals surface area (Å²) < 4.78 is 25.4. The van der Waals surface area contributed by atoms with Gasteiger partial charge in [-0.3, -0.25) is 9.69 Å². The highest BCUT2D eigenvalue weighted by atomic mass is 19.1. The summed E-state index contributed by atoms with van der Waals surface area (Å²) in [6.45, 7) is 9.30. The molecule has 0 radical (unpaired) electrons. The minimum Gasteiger partial charge on any atom is -0.493 e. The van der Waals surface area contributed by atoms with Gasteiger partial charge in [0.15, 0.2) is 5.82 Å². The summed E-state index contributed by atoms with van der Waals surface area (Å²) >= 11 is 0. The second kappa shape index (κ2) is 15.7. The van der Waals surface area contributed by atoms with Crippen molar-refractivity contribution < 1.29 is 48.5 Å². The van der Waals surface area contributed by atoms with Crippen LogP contribution in [0.25, 0.3) is 0 Å². The smallest absolute Gasteiger partial charge is 0.414 e. The molecule has 1 fully saturated rings. The molecule has 0 bridgehead atoms. The lowest BCUT2D eigenvalue weighted by Crippen LogP contribution is -2.50. The predicted molar refractivity (Wildman–Crippen MR) is 139 cm³/mol. The van der Waals surface area contributed by atoms with Crippen LogP contribution in [-0.4, -0.2) is 111 Å². The highest BCUT2D eigenvalue weighted by Gasteiger charge is 2.25. The normalized spacial score (nSPS) is 15.1. The fourth-order valence-corrected chi connectivity index (χ4v) is 3.61. The van der Waals surface area contributed by atoms with Crippen LogP contribution in [0, 0.1) is 5.82 Å². The fraction of sp³-hybridized carbons (Fsp3) is 0.560. The fourth-order valence-electron chi connectivity index (χ4n) is 3.61. The van der Waals surface area contributed by atoms with Crippen molar-refractivity contribution in [3.8, 4) is 5.75 Å². The van der Waals surface area contributed by atoms with E-state index in [0.29, 0.717) is 24.2 Å². The molecule has 0 spiro atoms. The molecule has 222 valence electrons. The number of carboxylic acid groups (broad SMARTS) is 2. The molecule has 15 heteroatoms. The van der Waals surface area contributed by atoms with Crippen LogP contribution >= 0.6 is 0 Å². The Hall–Kier alpha value is -3.82. The molecule has 0 unspecified atom stereocenters. The number of aliphatic hydroxyl groups excluding tert-OH is 2. The number of carbonyl (C=O) groups is 3. The lowest BCUT2D eigenvalue weighted by molar-refractivity contribution is -0.159. The van der Waals surface area contributed by atoms with Crippen molar-refractivity contribution in [3.63, 3.8) is 0 Å². The molecule has 14 nitrogen and oxygen atoms in total. The summed E-state index contributed by atoms with van der Waals surface area (Å²) in [5, 5.41) is 39.3. The molecule has 1 aliphatic rings. The third-order valence-corrected chi connectivity index (χ3v) is 6.04. The van der Waals surface area contributed by atoms with Gasteiger partial charge in [-0.1, -0.05) is 19.0 Å². The minimum absolute atomic E-state index is 0.148. The van der Waals surface area contributed by atoms with Crippen LogP contribution in [0.3, 0.4) is 0 Å². The summed E-state index contributed by atoms with van der Waals surface area (Å²) in [5.41, 5.74) is -0.148. The highest BCUT2D eigenvalue weighted by Crippen LogP contribution is 2.20. The number of carboxylic acids is 2. The lowest BCUT2D eigenvalue weighted by Gasteiger charge is -2.37. The van der Waals surface area contributed by atoms with Gasteiger partial charge in [-0.05, 0) is 25.5 Å². The first-order valence-corrected chi connectivity index (χ1v) is 12.7. The van der Waals surface area contributed by atoms with E-state index in [1.807, 2.05) is 13.8 Å². The van der Waals surface area contributed by atoms with Gasteiger partial charge in [0.2, 0.25) is 0 Å². The first kappa shape index (κ1) is 32.4. The van der Waals surface area contributed by atoms with Crippen LogP contribution in [-0.2, 0) is 9.59 Å². The van der Waals surface area contributed by atoms with Crippen LogP contribution in [0.5, 0.6) is 5.75 Å². The summed E-state index contributed by atoms with van der Waals surface area (Å²) in [6.07, 6.45) is -0.322. The average Bonchev–Trinajstić information content (AvgIpc) is 3.43. The first-order chi connectivity index (χ1) is 18.9. The average molecular weight is 570 g/mol. The molecule has 1 amide bonds. The number of hydrogen-bond donors (Lipinski definition) is 5. The molecule has 1 saturated heterocycles. The van der Waals surface area contributed by atoms with Gasteiger partial charge < -0.3 is 39.9 Å². The van der Waals surface area contributed by atoms with Crippen LogP contribution in [0.2, 0.25) is 0 Å². The molecule has 2 atom stereocenters. The van der Waals surface area contributed by atoms with E-state index in [0.717, 1.165) is 32.6 Å². The zero-order valence-corrected chi connectivity index (χ0v) is 22.6. The maximum Gasteiger partial charge on any atom is 0.414 e. The van der Waals surface area contributed by atoms with E-state index in [4.69, 9.17) is 34.2 Å². The van der Waals surface area contributed by atoms with Gasteiger partial charge in [0.05, 0.1) is 24.9 Å². The van der Waals surface area contributed by atoms with E-state index in [9.17, 15) is 14.3 Å². The quantitative estimate of drug-likeness (QED) is 0.235. The number of anilines is 1. The Morgan fingerprint density at radius 3 is 2.30 bits per heavy atom. The number of rotatable bonds is 11. The second-order valence-corrected chi connectivity index (χ2v) is 9.40. The molecule has 40 heavy (non-hydrogen) atoms. The van der Waals surface area contributed by atoms with Gasteiger partial charge in [0.25, 0.3) is 5.91 Å². The predicted octanol–water partition coefficient (Wildman–Crippen LogP) is 0.550. The van der Waals surface area contributed by atoms with Crippen LogP contribution in [0.1, 0.15) is 49.3 Å². The molecule has 0 saturated carbocycles. The van der Waals surface area contributed by atoms with Crippen LogP contribution in [0.4, 0.5) is 10.4 Å². The standard InChI is InChI=1S/C23H34FN5O5.C2H2O4/c1-15(2)21-26-23(34-27-21)29-9-7-28(8-10-29)16(3)6-11-33-18-4-5-19(20(24)12-18)22(32)25-13-17(31)14-30;3-1(4)2(5)6/h4-5,12,15-17,30-31H,6-11,13-14H2,1-3H3,(H,25,32);(H,3,4)(H,5,6)/t16-,17-;/m1./s1. The number of aliphatic carboxylic acids is 2. The van der Waals surface area contributed by atoms with E-state index in [-0.39, 0.29) is 24.1 Å².